The number of nitrogens with zero attached hydrogens (tertiary/aromatic N) is 3. The first-order chi connectivity index (χ1) is 10.8. The molecule has 0 saturated carbocycles. The monoisotopic (exact) mass is 295 g/mol. The molecular weight excluding hydrogens is 274 g/mol. The minimum atomic E-state index is 0.121. The third kappa shape index (κ3) is 3.18. The Morgan fingerprint density at radius 2 is 1.73 bits per heavy atom. The first-order valence-corrected chi connectivity index (χ1v) is 7.55. The van der Waals surface area contributed by atoms with Crippen LogP contribution in [-0.4, -0.2) is 33.2 Å². The van der Waals surface area contributed by atoms with Crippen LogP contribution < -0.4 is 0 Å². The van der Waals surface area contributed by atoms with Gasteiger partial charge in [-0.15, -0.1) is 0 Å². The van der Waals surface area contributed by atoms with Gasteiger partial charge in [-0.25, -0.2) is 4.98 Å². The van der Waals surface area contributed by atoms with Crippen molar-refractivity contribution in [3.05, 3.63) is 66.0 Å². The second-order valence-corrected chi connectivity index (χ2v) is 5.55. The van der Waals surface area contributed by atoms with Gasteiger partial charge < -0.3 is 9.67 Å². The highest BCUT2D eigenvalue weighted by atomic mass is 16.3. The number of aromatic nitrogens is 2. The first kappa shape index (κ1) is 14.8. The van der Waals surface area contributed by atoms with E-state index in [1.165, 1.54) is 5.56 Å². The first-order valence-electron chi connectivity index (χ1n) is 7.55. The Morgan fingerprint density at radius 3 is 2.50 bits per heavy atom. The maximum absolute atomic E-state index is 9.33. The summed E-state index contributed by atoms with van der Waals surface area (Å²) in [5.74, 6) is 0.994. The van der Waals surface area contributed by atoms with Crippen molar-refractivity contribution in [2.75, 3.05) is 13.7 Å². The average Bonchev–Trinajstić information content (AvgIpc) is 2.86. The lowest BCUT2D eigenvalue weighted by molar-refractivity contribution is 0.266. The molecule has 0 aliphatic heterocycles. The summed E-state index contributed by atoms with van der Waals surface area (Å²) >= 11 is 0. The van der Waals surface area contributed by atoms with E-state index in [2.05, 4.69) is 46.8 Å². The molecule has 22 heavy (non-hydrogen) atoms. The van der Waals surface area contributed by atoms with Crippen molar-refractivity contribution in [3.8, 4) is 0 Å². The van der Waals surface area contributed by atoms with Crippen molar-refractivity contribution < 1.29 is 5.11 Å². The molecule has 0 bridgehead atoms. The van der Waals surface area contributed by atoms with E-state index in [4.69, 9.17) is 4.98 Å². The Bertz CT molecular complexity index is 736. The lowest BCUT2D eigenvalue weighted by Gasteiger charge is -2.17. The fraction of sp³-hybridized carbons (Fsp3) is 0.278. The molecule has 1 heterocycles. The summed E-state index contributed by atoms with van der Waals surface area (Å²) in [5.41, 5.74) is 3.36. The number of fused-ring (bicyclic) bond motifs is 1. The van der Waals surface area contributed by atoms with Crippen LogP contribution in [0.4, 0.5) is 0 Å². The van der Waals surface area contributed by atoms with Gasteiger partial charge >= 0.3 is 0 Å². The molecule has 1 aromatic heterocycles. The van der Waals surface area contributed by atoms with E-state index in [-0.39, 0.29) is 6.61 Å². The molecule has 4 nitrogen and oxygen atoms in total. The molecule has 0 saturated heterocycles. The van der Waals surface area contributed by atoms with Gasteiger partial charge in [0.25, 0.3) is 0 Å². The highest BCUT2D eigenvalue weighted by Crippen LogP contribution is 2.17. The molecule has 0 radical (unpaired) electrons. The summed E-state index contributed by atoms with van der Waals surface area (Å²) in [6.07, 6.45) is 0. The second-order valence-electron chi connectivity index (χ2n) is 5.55. The molecule has 3 aromatic rings. The zero-order chi connectivity index (χ0) is 15.4. The summed E-state index contributed by atoms with van der Waals surface area (Å²) in [5, 5.41) is 9.33. The Kier molecular flexibility index (Phi) is 4.51. The highest BCUT2D eigenvalue weighted by molar-refractivity contribution is 5.75. The van der Waals surface area contributed by atoms with Crippen LogP contribution in [0.25, 0.3) is 11.0 Å². The molecule has 0 fully saturated rings. The Labute approximate surface area is 130 Å². The summed E-state index contributed by atoms with van der Waals surface area (Å²) in [6, 6.07) is 18.5. The molecule has 0 aliphatic rings. The van der Waals surface area contributed by atoms with Crippen molar-refractivity contribution in [2.24, 2.45) is 0 Å². The van der Waals surface area contributed by atoms with E-state index in [0.29, 0.717) is 6.54 Å². The van der Waals surface area contributed by atoms with Crippen LogP contribution in [0.1, 0.15) is 11.4 Å². The number of hydrogen-bond acceptors (Lipinski definition) is 3. The Morgan fingerprint density at radius 1 is 1.00 bits per heavy atom. The van der Waals surface area contributed by atoms with Crippen LogP contribution >= 0.6 is 0 Å². The standard InChI is InChI=1S/C18H21N3O/c1-20(13-15-7-3-2-4-8-15)14-18-19-16-9-5-6-10-17(16)21(18)11-12-22/h2-10,22H,11-14H2,1H3. The zero-order valence-corrected chi connectivity index (χ0v) is 12.8. The van der Waals surface area contributed by atoms with Gasteiger partial charge in [-0.1, -0.05) is 42.5 Å². The van der Waals surface area contributed by atoms with E-state index >= 15 is 0 Å². The van der Waals surface area contributed by atoms with Crippen LogP contribution in [0.15, 0.2) is 54.6 Å². The van der Waals surface area contributed by atoms with Crippen LogP contribution in [0.3, 0.4) is 0 Å². The molecule has 3 rings (SSSR count). The Balaban J connectivity index is 1.82. The summed E-state index contributed by atoms with van der Waals surface area (Å²) in [4.78, 5) is 6.96. The maximum atomic E-state index is 9.33. The SMILES string of the molecule is CN(Cc1ccccc1)Cc1nc2ccccc2n1CCO. The fourth-order valence-corrected chi connectivity index (χ4v) is 2.79. The van der Waals surface area contributed by atoms with Gasteiger partial charge in [0.1, 0.15) is 5.82 Å². The Hall–Kier alpha value is -2.17. The number of hydrogen-bond donors (Lipinski definition) is 1. The highest BCUT2D eigenvalue weighted by Gasteiger charge is 2.12. The van der Waals surface area contributed by atoms with E-state index in [9.17, 15) is 5.11 Å². The van der Waals surface area contributed by atoms with Crippen molar-refractivity contribution >= 4 is 11.0 Å². The minimum absolute atomic E-state index is 0.121. The molecule has 0 atom stereocenters. The van der Waals surface area contributed by atoms with Crippen molar-refractivity contribution in [3.63, 3.8) is 0 Å². The minimum Gasteiger partial charge on any atom is -0.395 e. The predicted octanol–water partition coefficient (Wildman–Crippen LogP) is 2.66. The molecule has 0 unspecified atom stereocenters. The summed E-state index contributed by atoms with van der Waals surface area (Å²) in [7, 11) is 2.09. The average molecular weight is 295 g/mol. The number of benzene rings is 2. The van der Waals surface area contributed by atoms with Gasteiger partial charge in [-0.05, 0) is 24.7 Å². The molecule has 4 heteroatoms. The van der Waals surface area contributed by atoms with E-state index in [0.717, 1.165) is 29.9 Å². The topological polar surface area (TPSA) is 41.3 Å². The van der Waals surface area contributed by atoms with Gasteiger partial charge in [0.2, 0.25) is 0 Å². The molecule has 0 spiro atoms. The molecule has 0 amide bonds. The quantitative estimate of drug-likeness (QED) is 0.760. The van der Waals surface area contributed by atoms with Crippen LogP contribution in [0.5, 0.6) is 0 Å². The normalized spacial score (nSPS) is 11.4. The second kappa shape index (κ2) is 6.73. The molecule has 114 valence electrons. The zero-order valence-electron chi connectivity index (χ0n) is 12.8. The third-order valence-corrected chi connectivity index (χ3v) is 3.76. The third-order valence-electron chi connectivity index (χ3n) is 3.76. The number of aliphatic hydroxyl groups is 1. The molecule has 2 aromatic carbocycles. The smallest absolute Gasteiger partial charge is 0.124 e. The number of aliphatic hydroxyl groups excluding tert-OH is 1. The van der Waals surface area contributed by atoms with Crippen LogP contribution in [-0.2, 0) is 19.6 Å². The van der Waals surface area contributed by atoms with E-state index in [1.807, 2.05) is 24.3 Å². The number of imidazole rings is 1. The fourth-order valence-electron chi connectivity index (χ4n) is 2.79. The van der Waals surface area contributed by atoms with Crippen LogP contribution in [0.2, 0.25) is 0 Å². The van der Waals surface area contributed by atoms with Crippen molar-refractivity contribution in [1.82, 2.24) is 14.5 Å². The van der Waals surface area contributed by atoms with Gasteiger partial charge in [0.15, 0.2) is 0 Å². The van der Waals surface area contributed by atoms with Gasteiger partial charge in [-0.3, -0.25) is 4.90 Å². The van der Waals surface area contributed by atoms with Gasteiger partial charge in [0.05, 0.1) is 24.2 Å². The molecule has 1 N–H and O–H groups in total. The number of rotatable bonds is 6. The van der Waals surface area contributed by atoms with Gasteiger partial charge in [-0.2, -0.15) is 0 Å². The maximum Gasteiger partial charge on any atom is 0.124 e. The lowest BCUT2D eigenvalue weighted by atomic mass is 10.2. The molecule has 0 aliphatic carbocycles. The van der Waals surface area contributed by atoms with Crippen LogP contribution in [0, 0.1) is 0 Å². The van der Waals surface area contributed by atoms with Gasteiger partial charge in [0, 0.05) is 13.1 Å². The van der Waals surface area contributed by atoms with Crippen molar-refractivity contribution in [2.45, 2.75) is 19.6 Å². The van der Waals surface area contributed by atoms with E-state index < -0.39 is 0 Å². The lowest BCUT2D eigenvalue weighted by Crippen LogP contribution is -2.20. The summed E-state index contributed by atoms with van der Waals surface area (Å²) in [6.45, 7) is 2.33. The molecular formula is C18H21N3O. The van der Waals surface area contributed by atoms with E-state index in [1.54, 1.807) is 0 Å². The predicted molar refractivity (Wildman–Crippen MR) is 88.4 cm³/mol. The van der Waals surface area contributed by atoms with Crippen molar-refractivity contribution in [1.29, 1.82) is 0 Å². The largest absolute Gasteiger partial charge is 0.395 e. The number of para-hydroxylation sites is 2. The summed E-state index contributed by atoms with van der Waals surface area (Å²) < 4.78 is 2.11.